The van der Waals surface area contributed by atoms with Gasteiger partial charge in [0.2, 0.25) is 11.8 Å². The van der Waals surface area contributed by atoms with Crippen molar-refractivity contribution in [2.75, 3.05) is 23.9 Å². The fourth-order valence-corrected chi connectivity index (χ4v) is 2.76. The van der Waals surface area contributed by atoms with Gasteiger partial charge in [-0.1, -0.05) is 0 Å². The molecule has 1 aromatic heterocycles. The summed E-state index contributed by atoms with van der Waals surface area (Å²) >= 11 is 0.194. The van der Waals surface area contributed by atoms with E-state index >= 15 is 0 Å². The number of carbonyl (C=O) groups is 2. The van der Waals surface area contributed by atoms with E-state index in [9.17, 15) is 9.59 Å². The molecule has 0 bridgehead atoms. The Hall–Kier alpha value is -2.90. The van der Waals surface area contributed by atoms with Gasteiger partial charge in [-0.3, -0.25) is 19.6 Å². The second kappa shape index (κ2) is 13.7. The predicted molar refractivity (Wildman–Crippen MR) is 138 cm³/mol. The molecule has 0 unspecified atom stereocenters. The van der Waals surface area contributed by atoms with Gasteiger partial charge in [-0.2, -0.15) is 0 Å². The number of hydrogen-bond donors (Lipinski definition) is 1. The van der Waals surface area contributed by atoms with Gasteiger partial charge < -0.3 is 14.8 Å². The molecule has 3 rings (SSSR count). The van der Waals surface area contributed by atoms with E-state index in [-0.39, 0.29) is 24.9 Å². The summed E-state index contributed by atoms with van der Waals surface area (Å²) in [5.41, 5.74) is 4.94. The van der Waals surface area contributed by atoms with Gasteiger partial charge in [0.15, 0.2) is 0 Å². The Kier molecular flexibility index (Phi) is 11.0. The molecule has 2 amide bonds. The normalized spacial score (nSPS) is 10.9. The number of amides is 2. The number of benzene rings is 2. The van der Waals surface area contributed by atoms with Crippen molar-refractivity contribution in [3.8, 4) is 0 Å². The first-order valence-electron chi connectivity index (χ1n) is 10.1. The average Bonchev–Trinajstić information content (AvgIpc) is 3.29. The van der Waals surface area contributed by atoms with Crippen molar-refractivity contribution in [1.29, 1.82) is 0 Å². The monoisotopic (exact) mass is 541 g/mol. The molecule has 0 aliphatic heterocycles. The molecule has 10 heteroatoms. The van der Waals surface area contributed by atoms with Gasteiger partial charge in [-0.05, 0) is 60.7 Å². The van der Waals surface area contributed by atoms with Crippen molar-refractivity contribution in [2.45, 2.75) is 13.8 Å². The van der Waals surface area contributed by atoms with Crippen molar-refractivity contribution in [3.63, 3.8) is 0 Å². The molecule has 1 N–H and O–H groups in total. The van der Waals surface area contributed by atoms with Gasteiger partial charge in [0, 0.05) is 39.3 Å². The Bertz CT molecular complexity index is 1060. The molecule has 0 spiro atoms. The van der Waals surface area contributed by atoms with Crippen LogP contribution in [-0.4, -0.2) is 43.3 Å². The van der Waals surface area contributed by atoms with Crippen molar-refractivity contribution < 1.29 is 22.7 Å². The number of H-pyrrole nitrogens is 1. The second-order valence-corrected chi connectivity index (χ2v) is 8.95. The molecular weight excluding hydrogens is 517 g/mol. The van der Waals surface area contributed by atoms with Crippen molar-refractivity contribution in [2.24, 2.45) is 9.98 Å². The van der Waals surface area contributed by atoms with Crippen LogP contribution in [0.25, 0.3) is 0 Å². The maximum atomic E-state index is 11.4. The molecule has 0 fully saturated rings. The van der Waals surface area contributed by atoms with Gasteiger partial charge in [0.05, 0.1) is 35.2 Å². The third kappa shape index (κ3) is 8.46. The molecule has 2 aromatic carbocycles. The summed E-state index contributed by atoms with van der Waals surface area (Å²) in [5, 5.41) is 0. The third-order valence-electron chi connectivity index (χ3n) is 4.86. The van der Waals surface area contributed by atoms with Crippen molar-refractivity contribution in [1.82, 2.24) is 4.98 Å². The fraction of sp³-hybridized carbons (Fsp3) is 0.167. The summed E-state index contributed by atoms with van der Waals surface area (Å²) in [6.45, 7) is 3.06. The molecule has 0 saturated carbocycles. The zero-order valence-corrected chi connectivity index (χ0v) is 21.8. The molecule has 0 atom stereocenters. The van der Waals surface area contributed by atoms with Crippen LogP contribution >= 0.6 is 20.2 Å². The number of nitrogens with zero attached hydrogens (tertiary/aromatic N) is 4. The number of halogens is 2. The number of aromatic amines is 1. The molecule has 0 aliphatic rings. The van der Waals surface area contributed by atoms with Crippen molar-refractivity contribution in [3.05, 3.63) is 72.1 Å². The quantitative estimate of drug-likeness (QED) is 0.313. The summed E-state index contributed by atoms with van der Waals surface area (Å²) in [4.78, 5) is 38.2. The molecule has 1 heterocycles. The number of anilines is 2. The third-order valence-corrected chi connectivity index (χ3v) is 4.86. The number of nitrogens with one attached hydrogen (secondary N) is 1. The van der Waals surface area contributed by atoms with Crippen LogP contribution in [0.1, 0.15) is 25.2 Å². The second-order valence-electron chi connectivity index (χ2n) is 7.12. The van der Waals surface area contributed by atoms with Crippen LogP contribution in [-0.2, 0) is 22.7 Å². The first-order valence-corrected chi connectivity index (χ1v) is 13.1. The van der Waals surface area contributed by atoms with Crippen molar-refractivity contribution >= 4 is 67.2 Å². The van der Waals surface area contributed by atoms with E-state index in [0.717, 1.165) is 34.1 Å². The fourth-order valence-electron chi connectivity index (χ4n) is 2.76. The summed E-state index contributed by atoms with van der Waals surface area (Å²) in [5.74, 6) is -0.0349. The van der Waals surface area contributed by atoms with Gasteiger partial charge in [-0.25, -0.2) is 0 Å². The molecule has 0 saturated heterocycles. The van der Waals surface area contributed by atoms with E-state index in [2.05, 4.69) is 15.0 Å². The molecule has 180 valence electrons. The number of rotatable bonds is 6. The predicted octanol–water partition coefficient (Wildman–Crippen LogP) is 5.86. The number of carbonyl (C=O) groups excluding carboxylic acids is 2. The van der Waals surface area contributed by atoms with Gasteiger partial charge in [0.25, 0.3) is 0 Å². The summed E-state index contributed by atoms with van der Waals surface area (Å²) in [7, 11) is 13.0. The maximum absolute atomic E-state index is 11.4. The SMILES string of the molecule is CC(=O)N(C)c1ccc(N=Cc2ccc(C=Nc3ccc(N(C)C(C)=O)cc3)[nH]2)cc1.[Cl][Fe][Cl]. The first kappa shape index (κ1) is 27.3. The van der Waals surface area contributed by atoms with Crippen LogP contribution in [0.4, 0.5) is 22.7 Å². The molecular formula is C24H25Cl2FeN5O2. The zero-order valence-electron chi connectivity index (χ0n) is 19.1. The van der Waals surface area contributed by atoms with Crippen LogP contribution in [0.2, 0.25) is 0 Å². The van der Waals surface area contributed by atoms with E-state index in [1.807, 2.05) is 60.7 Å². The Labute approximate surface area is 214 Å². The van der Waals surface area contributed by atoms with E-state index in [0.29, 0.717) is 0 Å². The van der Waals surface area contributed by atoms with E-state index < -0.39 is 0 Å². The minimum absolute atomic E-state index is 0.0174. The molecule has 7 nitrogen and oxygen atoms in total. The van der Waals surface area contributed by atoms with Gasteiger partial charge in [-0.15, -0.1) is 0 Å². The molecule has 0 radical (unpaired) electrons. The van der Waals surface area contributed by atoms with Crippen LogP contribution < -0.4 is 9.80 Å². The summed E-state index contributed by atoms with van der Waals surface area (Å²) < 4.78 is 0. The number of aliphatic imine (C=N–C) groups is 2. The topological polar surface area (TPSA) is 81.1 Å². The van der Waals surface area contributed by atoms with E-state index in [1.54, 1.807) is 36.3 Å². The Morgan fingerprint density at radius 2 is 1.06 bits per heavy atom. The molecule has 0 aliphatic carbocycles. The Balaban J connectivity index is 0.00000129. The van der Waals surface area contributed by atoms with Crippen LogP contribution in [0.3, 0.4) is 0 Å². The number of aromatic nitrogens is 1. The minimum atomic E-state index is -0.0174. The first-order chi connectivity index (χ1) is 16.2. The van der Waals surface area contributed by atoms with E-state index in [4.69, 9.17) is 20.2 Å². The summed E-state index contributed by atoms with van der Waals surface area (Å²) in [6.07, 6.45) is 3.49. The molecule has 34 heavy (non-hydrogen) atoms. The van der Waals surface area contributed by atoms with Gasteiger partial charge in [0.1, 0.15) is 0 Å². The Morgan fingerprint density at radius 3 is 1.35 bits per heavy atom. The van der Waals surface area contributed by atoms with Gasteiger partial charge >= 0.3 is 33.3 Å². The standard InChI is InChI=1S/C24H25N5O2.2ClH.Fe/c1-17(30)28(3)23-11-7-19(8-12-23)25-15-21-5-6-22(27-21)16-26-20-9-13-24(14-10-20)29(4)18(2)31;;;/h5-16,27H,1-4H3;2*1H;/q;;;+2/p-2. The average molecular weight is 542 g/mol. The Morgan fingerprint density at radius 1 is 0.735 bits per heavy atom. The summed E-state index contributed by atoms with van der Waals surface area (Å²) in [6, 6.07) is 18.8. The molecule has 3 aromatic rings. The van der Waals surface area contributed by atoms with Crippen LogP contribution in [0.5, 0.6) is 0 Å². The van der Waals surface area contributed by atoms with E-state index in [1.165, 1.54) is 13.8 Å². The van der Waals surface area contributed by atoms with Crippen LogP contribution in [0, 0.1) is 0 Å². The van der Waals surface area contributed by atoms with Crippen LogP contribution in [0.15, 0.2) is 70.6 Å². The zero-order chi connectivity index (χ0) is 25.1. The number of hydrogen-bond acceptors (Lipinski definition) is 4.